The van der Waals surface area contributed by atoms with E-state index < -0.39 is 15.8 Å². The van der Waals surface area contributed by atoms with E-state index >= 15 is 0 Å². The van der Waals surface area contributed by atoms with Crippen LogP contribution in [0, 0.1) is 5.82 Å². The molecule has 0 N–H and O–H groups in total. The molecule has 1 heterocycles. The van der Waals surface area contributed by atoms with Crippen molar-refractivity contribution >= 4 is 15.9 Å². The molecule has 0 radical (unpaired) electrons. The lowest BCUT2D eigenvalue weighted by molar-refractivity contribution is 0.0763. The molecule has 1 amide bonds. The summed E-state index contributed by atoms with van der Waals surface area (Å²) in [6.45, 7) is 3.50. The maximum Gasteiger partial charge on any atom is 0.254 e. The topological polar surface area (TPSA) is 57.7 Å². The first-order chi connectivity index (χ1) is 10.9. The number of unbranched alkanes of at least 4 members (excludes halogenated alkanes) is 1. The third-order valence-electron chi connectivity index (χ3n) is 3.96. The number of amides is 1. The summed E-state index contributed by atoms with van der Waals surface area (Å²) in [6, 6.07) is 5.58. The Labute approximate surface area is 137 Å². The van der Waals surface area contributed by atoms with Crippen LogP contribution in [0.2, 0.25) is 0 Å². The Balaban J connectivity index is 2.02. The normalized spacial score (nSPS) is 17.0. The molecular weight excluding hydrogens is 319 g/mol. The van der Waals surface area contributed by atoms with Gasteiger partial charge in [-0.2, -0.15) is 0 Å². The molecule has 1 aromatic carbocycles. The first-order valence-electron chi connectivity index (χ1n) is 7.96. The number of benzene rings is 1. The van der Waals surface area contributed by atoms with Crippen LogP contribution in [-0.2, 0) is 10.0 Å². The summed E-state index contributed by atoms with van der Waals surface area (Å²) in [7, 11) is -3.25. The van der Waals surface area contributed by atoms with Gasteiger partial charge in [0, 0.05) is 31.7 Å². The van der Waals surface area contributed by atoms with Gasteiger partial charge >= 0.3 is 0 Å². The Kier molecular flexibility index (Phi) is 6.12. The third kappa shape index (κ3) is 4.75. The second-order valence-corrected chi connectivity index (χ2v) is 7.81. The van der Waals surface area contributed by atoms with Crippen LogP contribution in [0.4, 0.5) is 4.39 Å². The van der Waals surface area contributed by atoms with Crippen LogP contribution in [-0.4, -0.2) is 55.5 Å². The molecule has 1 saturated heterocycles. The molecule has 0 atom stereocenters. The molecule has 0 unspecified atom stereocenters. The van der Waals surface area contributed by atoms with Crippen molar-refractivity contribution in [2.24, 2.45) is 0 Å². The molecule has 0 saturated carbocycles. The number of hydrogen-bond acceptors (Lipinski definition) is 3. The van der Waals surface area contributed by atoms with Gasteiger partial charge in [-0.25, -0.2) is 17.1 Å². The molecule has 0 bridgehead atoms. The summed E-state index contributed by atoms with van der Waals surface area (Å²) in [6.07, 6.45) is 2.06. The first kappa shape index (κ1) is 17.9. The Hall–Kier alpha value is -1.47. The molecule has 0 spiro atoms. The summed E-state index contributed by atoms with van der Waals surface area (Å²) in [5.41, 5.74) is 0.298. The van der Waals surface area contributed by atoms with Gasteiger partial charge in [-0.15, -0.1) is 0 Å². The Morgan fingerprint density at radius 3 is 2.70 bits per heavy atom. The van der Waals surface area contributed by atoms with E-state index in [-0.39, 0.29) is 11.7 Å². The maximum absolute atomic E-state index is 13.3. The number of halogens is 1. The Bertz CT molecular complexity index is 648. The van der Waals surface area contributed by atoms with Crippen molar-refractivity contribution in [3.05, 3.63) is 35.6 Å². The van der Waals surface area contributed by atoms with E-state index in [1.807, 2.05) is 6.92 Å². The molecule has 128 valence electrons. The highest BCUT2D eigenvalue weighted by atomic mass is 32.2. The molecule has 1 aliphatic heterocycles. The summed E-state index contributed by atoms with van der Waals surface area (Å²) >= 11 is 0. The molecule has 1 aromatic rings. The van der Waals surface area contributed by atoms with E-state index in [2.05, 4.69) is 0 Å². The minimum atomic E-state index is -3.25. The lowest BCUT2D eigenvalue weighted by Crippen LogP contribution is -2.38. The number of nitrogens with zero attached hydrogens (tertiary/aromatic N) is 2. The predicted molar refractivity (Wildman–Crippen MR) is 87.2 cm³/mol. The van der Waals surface area contributed by atoms with Gasteiger partial charge < -0.3 is 4.90 Å². The molecular formula is C16H23FN2O3S. The first-order valence-corrected chi connectivity index (χ1v) is 9.57. The summed E-state index contributed by atoms with van der Waals surface area (Å²) in [4.78, 5) is 14.0. The van der Waals surface area contributed by atoms with E-state index in [1.54, 1.807) is 11.0 Å². The fourth-order valence-corrected chi connectivity index (χ4v) is 4.31. The molecule has 23 heavy (non-hydrogen) atoms. The van der Waals surface area contributed by atoms with E-state index in [0.29, 0.717) is 44.6 Å². The van der Waals surface area contributed by atoms with Gasteiger partial charge in [0.25, 0.3) is 5.91 Å². The minimum absolute atomic E-state index is 0.154. The summed E-state index contributed by atoms with van der Waals surface area (Å²) in [5, 5.41) is 0. The lowest BCUT2D eigenvalue weighted by Gasteiger charge is -2.22. The second-order valence-electron chi connectivity index (χ2n) is 5.72. The Morgan fingerprint density at radius 1 is 1.22 bits per heavy atom. The van der Waals surface area contributed by atoms with Crippen LogP contribution in [0.15, 0.2) is 24.3 Å². The van der Waals surface area contributed by atoms with Gasteiger partial charge in [0.1, 0.15) is 5.82 Å². The van der Waals surface area contributed by atoms with Gasteiger partial charge in [-0.05, 0) is 31.0 Å². The van der Waals surface area contributed by atoms with Crippen molar-refractivity contribution in [2.75, 3.05) is 31.9 Å². The number of sulfonamides is 1. The van der Waals surface area contributed by atoms with Gasteiger partial charge in [0.05, 0.1) is 5.75 Å². The van der Waals surface area contributed by atoms with Crippen LogP contribution in [0.3, 0.4) is 0 Å². The smallest absolute Gasteiger partial charge is 0.254 e. The van der Waals surface area contributed by atoms with E-state index in [9.17, 15) is 17.6 Å². The van der Waals surface area contributed by atoms with Gasteiger partial charge in [-0.1, -0.05) is 19.4 Å². The zero-order chi connectivity index (χ0) is 16.9. The molecule has 1 aliphatic rings. The second kappa shape index (κ2) is 7.88. The van der Waals surface area contributed by atoms with E-state index in [4.69, 9.17) is 0 Å². The van der Waals surface area contributed by atoms with E-state index in [1.165, 1.54) is 22.5 Å². The predicted octanol–water partition coefficient (Wildman–Crippen LogP) is 2.10. The minimum Gasteiger partial charge on any atom is -0.337 e. The zero-order valence-electron chi connectivity index (χ0n) is 13.4. The quantitative estimate of drug-likeness (QED) is 0.823. The SMILES string of the molecule is CCCCS(=O)(=O)N1CCCN(C(=O)c2cccc(F)c2)CC1. The molecule has 2 rings (SSSR count). The van der Waals surface area contributed by atoms with Crippen molar-refractivity contribution < 1.29 is 17.6 Å². The molecule has 0 aliphatic carbocycles. The standard InChI is InChI=1S/C16H23FN2O3S/c1-2-3-12-23(21,22)19-9-5-8-18(10-11-19)16(20)14-6-4-7-15(17)13-14/h4,6-7,13H,2-3,5,8-12H2,1H3. The van der Waals surface area contributed by atoms with Gasteiger partial charge in [0.2, 0.25) is 10.0 Å². The van der Waals surface area contributed by atoms with E-state index in [0.717, 1.165) is 6.42 Å². The van der Waals surface area contributed by atoms with Crippen LogP contribution in [0.25, 0.3) is 0 Å². The number of carbonyl (C=O) groups is 1. The van der Waals surface area contributed by atoms with Crippen LogP contribution in [0.5, 0.6) is 0 Å². The summed E-state index contributed by atoms with van der Waals surface area (Å²) < 4.78 is 39.2. The van der Waals surface area contributed by atoms with Crippen LogP contribution >= 0.6 is 0 Å². The number of hydrogen-bond donors (Lipinski definition) is 0. The van der Waals surface area contributed by atoms with Crippen molar-refractivity contribution in [3.8, 4) is 0 Å². The largest absolute Gasteiger partial charge is 0.337 e. The average molecular weight is 342 g/mol. The fourth-order valence-electron chi connectivity index (χ4n) is 2.63. The van der Waals surface area contributed by atoms with Crippen molar-refractivity contribution in [2.45, 2.75) is 26.2 Å². The fraction of sp³-hybridized carbons (Fsp3) is 0.562. The van der Waals surface area contributed by atoms with Gasteiger partial charge in [0.15, 0.2) is 0 Å². The van der Waals surface area contributed by atoms with Crippen LogP contribution < -0.4 is 0 Å². The van der Waals surface area contributed by atoms with Crippen molar-refractivity contribution in [1.29, 1.82) is 0 Å². The van der Waals surface area contributed by atoms with Crippen molar-refractivity contribution in [3.63, 3.8) is 0 Å². The van der Waals surface area contributed by atoms with Crippen LogP contribution in [0.1, 0.15) is 36.5 Å². The number of carbonyl (C=O) groups excluding carboxylic acids is 1. The highest BCUT2D eigenvalue weighted by Crippen LogP contribution is 2.13. The average Bonchev–Trinajstić information content (AvgIpc) is 2.79. The highest BCUT2D eigenvalue weighted by Gasteiger charge is 2.26. The summed E-state index contributed by atoms with van der Waals surface area (Å²) in [5.74, 6) is -0.548. The number of rotatable bonds is 5. The maximum atomic E-state index is 13.3. The molecule has 0 aromatic heterocycles. The van der Waals surface area contributed by atoms with Gasteiger partial charge in [-0.3, -0.25) is 4.79 Å². The Morgan fingerprint density at radius 2 is 2.00 bits per heavy atom. The third-order valence-corrected chi connectivity index (χ3v) is 5.92. The zero-order valence-corrected chi connectivity index (χ0v) is 14.2. The van der Waals surface area contributed by atoms with Crippen molar-refractivity contribution in [1.82, 2.24) is 9.21 Å². The molecule has 7 heteroatoms. The molecule has 1 fully saturated rings. The lowest BCUT2D eigenvalue weighted by atomic mass is 10.2. The monoisotopic (exact) mass is 342 g/mol. The molecule has 5 nitrogen and oxygen atoms in total. The highest BCUT2D eigenvalue weighted by molar-refractivity contribution is 7.89.